The molecule has 1 aliphatic heterocycles. The molecule has 1 saturated heterocycles. The number of β-amino-alcohol motifs (C(OH)–C–C–N with tert-alkyl or cyclic N) is 1. The fourth-order valence-electron chi connectivity index (χ4n) is 4.38. The highest BCUT2D eigenvalue weighted by molar-refractivity contribution is 5.94. The summed E-state index contributed by atoms with van der Waals surface area (Å²) < 4.78 is 5.43. The van der Waals surface area contributed by atoms with Crippen LogP contribution in [0, 0.1) is 6.92 Å². The van der Waals surface area contributed by atoms with Gasteiger partial charge in [0.1, 0.15) is 11.4 Å². The molecule has 0 aromatic carbocycles. The second-order valence-corrected chi connectivity index (χ2v) is 9.22. The molecule has 8 heteroatoms. The Morgan fingerprint density at radius 2 is 2.03 bits per heavy atom. The molecule has 4 rings (SSSR count). The van der Waals surface area contributed by atoms with Crippen LogP contribution >= 0.6 is 0 Å². The highest BCUT2D eigenvalue weighted by Crippen LogP contribution is 2.34. The summed E-state index contributed by atoms with van der Waals surface area (Å²) in [6, 6.07) is 1.61. The van der Waals surface area contributed by atoms with Crippen LogP contribution in [0.15, 0.2) is 6.07 Å². The van der Waals surface area contributed by atoms with E-state index in [2.05, 4.69) is 17.6 Å². The van der Waals surface area contributed by atoms with Crippen molar-refractivity contribution >= 4 is 28.6 Å². The molecule has 2 aromatic heterocycles. The van der Waals surface area contributed by atoms with Crippen LogP contribution in [-0.2, 0) is 17.6 Å². The Bertz CT molecular complexity index is 985. The topological polar surface area (TPSA) is 99.6 Å². The number of hydrogen-bond acceptors (Lipinski definition) is 7. The normalized spacial score (nSPS) is 21.1. The molecule has 0 radical (unpaired) electrons. The van der Waals surface area contributed by atoms with Gasteiger partial charge in [0.2, 0.25) is 0 Å². The van der Waals surface area contributed by atoms with Crippen LogP contribution in [0.3, 0.4) is 0 Å². The second kappa shape index (κ2) is 7.58. The number of ether oxygens (including phenoxy) is 1. The minimum absolute atomic E-state index is 0.226. The fraction of sp³-hybridized carbons (Fsp3) is 0.591. The first kappa shape index (κ1) is 20.7. The van der Waals surface area contributed by atoms with Gasteiger partial charge >= 0.3 is 6.09 Å². The minimum atomic E-state index is -0.706. The maximum atomic E-state index is 12.4. The molecule has 30 heavy (non-hydrogen) atoms. The lowest BCUT2D eigenvalue weighted by Gasteiger charge is -2.24. The van der Waals surface area contributed by atoms with Crippen molar-refractivity contribution in [1.82, 2.24) is 14.9 Å². The molecular formula is C22H31N5O3. The number of carbonyl (C=O) groups excluding carboxylic acids is 1. The number of aryl methyl sites for hydroxylation is 2. The van der Waals surface area contributed by atoms with E-state index in [-0.39, 0.29) is 12.6 Å². The number of rotatable bonds is 3. The molecular weight excluding hydrogens is 382 g/mol. The highest BCUT2D eigenvalue weighted by Gasteiger charge is 2.36. The van der Waals surface area contributed by atoms with Gasteiger partial charge in [-0.3, -0.25) is 0 Å². The average Bonchev–Trinajstić information content (AvgIpc) is 3.27. The summed E-state index contributed by atoms with van der Waals surface area (Å²) in [5, 5.41) is 18.1. The van der Waals surface area contributed by atoms with Crippen LogP contribution in [0.25, 0.3) is 11.0 Å². The SMILES string of the molecule is CNc1cc(N[C@H]2CN(C(=O)OC(C)(C)C)C[C@@H]2O)nc2nc3c(c(C)c12)CCC3. The van der Waals surface area contributed by atoms with Crippen molar-refractivity contribution in [2.24, 2.45) is 0 Å². The lowest BCUT2D eigenvalue weighted by Crippen LogP contribution is -2.36. The van der Waals surface area contributed by atoms with Crippen LogP contribution in [0.5, 0.6) is 0 Å². The molecule has 162 valence electrons. The first-order chi connectivity index (χ1) is 14.2. The maximum Gasteiger partial charge on any atom is 0.410 e. The van der Waals surface area contributed by atoms with Gasteiger partial charge in [0.05, 0.1) is 18.7 Å². The van der Waals surface area contributed by atoms with Crippen LogP contribution < -0.4 is 10.6 Å². The van der Waals surface area contributed by atoms with E-state index in [1.54, 1.807) is 0 Å². The summed E-state index contributed by atoms with van der Waals surface area (Å²) in [5.74, 6) is 0.631. The third-order valence-electron chi connectivity index (χ3n) is 5.80. The highest BCUT2D eigenvalue weighted by atomic mass is 16.6. The van der Waals surface area contributed by atoms with Gasteiger partial charge in [-0.25, -0.2) is 14.8 Å². The van der Waals surface area contributed by atoms with Gasteiger partial charge in [0, 0.05) is 36.4 Å². The number of amides is 1. The number of nitrogens with one attached hydrogen (secondary N) is 2. The number of likely N-dealkylation sites (tertiary alicyclic amines) is 1. The van der Waals surface area contributed by atoms with Crippen LogP contribution in [-0.4, -0.2) is 64.0 Å². The number of aromatic nitrogens is 2. The van der Waals surface area contributed by atoms with E-state index in [4.69, 9.17) is 14.7 Å². The molecule has 8 nitrogen and oxygen atoms in total. The van der Waals surface area contributed by atoms with Crippen molar-refractivity contribution < 1.29 is 14.6 Å². The standard InChI is InChI=1S/C22H31N5O3/c1-12-13-7-6-8-14(13)25-20-19(12)15(23-5)9-18(26-20)24-16-10-27(11-17(16)28)21(29)30-22(2,3)4/h9,16-17,28H,6-8,10-11H2,1-5H3,(H2,23,24,25,26)/t16-,17-/m0/s1. The Morgan fingerprint density at radius 1 is 1.27 bits per heavy atom. The van der Waals surface area contributed by atoms with Gasteiger partial charge in [-0.05, 0) is 58.1 Å². The van der Waals surface area contributed by atoms with E-state index >= 15 is 0 Å². The number of aliphatic hydroxyl groups is 1. The quantitative estimate of drug-likeness (QED) is 0.711. The van der Waals surface area contributed by atoms with Crippen LogP contribution in [0.2, 0.25) is 0 Å². The summed E-state index contributed by atoms with van der Waals surface area (Å²) in [6.07, 6.45) is 2.08. The van der Waals surface area contributed by atoms with Crippen LogP contribution in [0.1, 0.15) is 44.0 Å². The summed E-state index contributed by atoms with van der Waals surface area (Å²) in [6.45, 7) is 8.21. The molecule has 1 fully saturated rings. The van der Waals surface area contributed by atoms with Gasteiger partial charge in [-0.1, -0.05) is 0 Å². The number of pyridine rings is 2. The van der Waals surface area contributed by atoms with E-state index in [0.717, 1.165) is 36.0 Å². The Labute approximate surface area is 177 Å². The smallest absolute Gasteiger partial charge is 0.410 e. The molecule has 0 spiro atoms. The molecule has 0 unspecified atom stereocenters. The van der Waals surface area contributed by atoms with Crippen molar-refractivity contribution in [3.05, 3.63) is 22.9 Å². The second-order valence-electron chi connectivity index (χ2n) is 9.22. The molecule has 1 amide bonds. The number of anilines is 2. The van der Waals surface area contributed by atoms with Gasteiger partial charge in [-0.15, -0.1) is 0 Å². The van der Waals surface area contributed by atoms with Crippen molar-refractivity contribution in [1.29, 1.82) is 0 Å². The Morgan fingerprint density at radius 3 is 2.73 bits per heavy atom. The van der Waals surface area contributed by atoms with Gasteiger partial charge in [0.15, 0.2) is 5.65 Å². The molecule has 2 aromatic rings. The summed E-state index contributed by atoms with van der Waals surface area (Å²) in [4.78, 5) is 23.5. The lowest BCUT2D eigenvalue weighted by molar-refractivity contribution is 0.0270. The summed E-state index contributed by atoms with van der Waals surface area (Å²) in [5.41, 5.74) is 4.83. The van der Waals surface area contributed by atoms with E-state index in [0.29, 0.717) is 18.0 Å². The third kappa shape index (κ3) is 3.88. The summed E-state index contributed by atoms with van der Waals surface area (Å²) in [7, 11) is 1.89. The largest absolute Gasteiger partial charge is 0.444 e. The fourth-order valence-corrected chi connectivity index (χ4v) is 4.38. The number of fused-ring (bicyclic) bond motifs is 2. The van der Waals surface area contributed by atoms with Crippen molar-refractivity contribution in [2.45, 2.75) is 64.7 Å². The molecule has 0 saturated carbocycles. The Hall–Kier alpha value is -2.61. The Kier molecular flexibility index (Phi) is 5.22. The van der Waals surface area contributed by atoms with E-state index in [1.165, 1.54) is 16.0 Å². The van der Waals surface area contributed by atoms with E-state index in [1.807, 2.05) is 33.9 Å². The molecule has 2 aliphatic rings. The first-order valence-corrected chi connectivity index (χ1v) is 10.6. The average molecular weight is 414 g/mol. The molecule has 2 atom stereocenters. The molecule has 1 aliphatic carbocycles. The third-order valence-corrected chi connectivity index (χ3v) is 5.80. The zero-order chi connectivity index (χ0) is 21.6. The monoisotopic (exact) mass is 413 g/mol. The number of carbonyl (C=O) groups is 1. The predicted octanol–water partition coefficient (Wildman–Crippen LogP) is 2.86. The van der Waals surface area contributed by atoms with Crippen molar-refractivity contribution in [3.8, 4) is 0 Å². The zero-order valence-corrected chi connectivity index (χ0v) is 18.4. The Balaban J connectivity index is 1.58. The molecule has 3 heterocycles. The zero-order valence-electron chi connectivity index (χ0n) is 18.4. The van der Waals surface area contributed by atoms with Crippen molar-refractivity contribution in [2.75, 3.05) is 30.8 Å². The van der Waals surface area contributed by atoms with Gasteiger partial charge in [0.25, 0.3) is 0 Å². The van der Waals surface area contributed by atoms with Gasteiger partial charge < -0.3 is 25.4 Å². The lowest BCUT2D eigenvalue weighted by atomic mass is 10.0. The number of hydrogen-bond donors (Lipinski definition) is 3. The summed E-state index contributed by atoms with van der Waals surface area (Å²) >= 11 is 0. The van der Waals surface area contributed by atoms with E-state index < -0.39 is 17.8 Å². The maximum absolute atomic E-state index is 12.4. The van der Waals surface area contributed by atoms with Crippen molar-refractivity contribution in [3.63, 3.8) is 0 Å². The minimum Gasteiger partial charge on any atom is -0.444 e. The predicted molar refractivity (Wildman–Crippen MR) is 117 cm³/mol. The molecule has 0 bridgehead atoms. The van der Waals surface area contributed by atoms with Crippen LogP contribution in [0.4, 0.5) is 16.3 Å². The first-order valence-electron chi connectivity index (χ1n) is 10.6. The number of aliphatic hydroxyl groups excluding tert-OH is 1. The number of nitrogens with zero attached hydrogens (tertiary/aromatic N) is 3. The molecule has 3 N–H and O–H groups in total. The van der Waals surface area contributed by atoms with Gasteiger partial charge in [-0.2, -0.15) is 0 Å². The van der Waals surface area contributed by atoms with E-state index in [9.17, 15) is 9.90 Å².